The maximum absolute atomic E-state index is 13.5. The second-order valence-electron chi connectivity index (χ2n) is 4.30. The van der Waals surface area contributed by atoms with Gasteiger partial charge in [-0.15, -0.1) is 0 Å². The number of rotatable bonds is 4. The van der Waals surface area contributed by atoms with Crippen LogP contribution in [-0.4, -0.2) is 6.72 Å². The summed E-state index contributed by atoms with van der Waals surface area (Å²) in [6.07, 6.45) is 1.57. The van der Waals surface area contributed by atoms with E-state index in [-0.39, 0.29) is 5.02 Å². The number of aryl methyl sites for hydroxylation is 1. The highest BCUT2D eigenvalue weighted by Gasteiger charge is 2.08. The largest absolute Gasteiger partial charge is 0.242 e. The molecule has 0 aliphatic carbocycles. The minimum Gasteiger partial charge on any atom is -0.242 e. The van der Waals surface area contributed by atoms with Gasteiger partial charge < -0.3 is 0 Å². The molecule has 0 saturated heterocycles. The maximum Gasteiger partial charge on any atom is 0.142 e. The van der Waals surface area contributed by atoms with Gasteiger partial charge in [0.1, 0.15) is 5.82 Å². The first-order valence-corrected chi connectivity index (χ1v) is 6.39. The maximum atomic E-state index is 13.5. The molecule has 20 heavy (non-hydrogen) atoms. The number of halogens is 2. The van der Waals surface area contributed by atoms with Gasteiger partial charge in [-0.2, -0.15) is 5.10 Å². The molecule has 0 fully saturated rings. The smallest absolute Gasteiger partial charge is 0.142 e. The summed E-state index contributed by atoms with van der Waals surface area (Å²) in [7, 11) is 0. The lowest BCUT2D eigenvalue weighted by Crippen LogP contribution is -2.07. The number of hydrazone groups is 1. The van der Waals surface area contributed by atoms with Crippen LogP contribution in [-0.2, 0) is 0 Å². The van der Waals surface area contributed by atoms with Crippen LogP contribution in [0.25, 0.3) is 11.1 Å². The van der Waals surface area contributed by atoms with Crippen molar-refractivity contribution in [2.75, 3.05) is 5.01 Å². The zero-order valence-electron chi connectivity index (χ0n) is 11.1. The Morgan fingerprint density at radius 2 is 1.85 bits per heavy atom. The molecule has 0 saturated carbocycles. The number of nitrogens with zero attached hydrogens (tertiary/aromatic N) is 2. The summed E-state index contributed by atoms with van der Waals surface area (Å²) in [5, 5.41) is 5.56. The molecule has 0 atom stereocenters. The first kappa shape index (κ1) is 14.3. The predicted molar refractivity (Wildman–Crippen MR) is 83.8 cm³/mol. The van der Waals surface area contributed by atoms with E-state index in [1.54, 1.807) is 23.3 Å². The molecule has 2 aromatic rings. The molecule has 0 aliphatic rings. The molecule has 0 spiro atoms. The fourth-order valence-corrected chi connectivity index (χ4v) is 2.06. The van der Waals surface area contributed by atoms with E-state index in [2.05, 4.69) is 18.4 Å². The third kappa shape index (κ3) is 2.73. The number of hydrogen-bond acceptors (Lipinski definition) is 2. The van der Waals surface area contributed by atoms with Crippen molar-refractivity contribution in [1.29, 1.82) is 0 Å². The summed E-state index contributed by atoms with van der Waals surface area (Å²) in [6.45, 7) is 9.16. The standard InChI is InChI=1S/C16H14ClFN2/c1-4-20(19-3)16-10-13(6-5-11(16)2)12-7-8-14(17)15(18)9-12/h4-10H,1,3H2,2H3. The molecule has 2 rings (SSSR count). The van der Waals surface area contributed by atoms with Gasteiger partial charge >= 0.3 is 0 Å². The van der Waals surface area contributed by atoms with Crippen LogP contribution in [0, 0.1) is 12.7 Å². The molecular weight excluding hydrogens is 275 g/mol. The molecule has 0 radical (unpaired) electrons. The summed E-state index contributed by atoms with van der Waals surface area (Å²) in [4.78, 5) is 0. The molecule has 2 aromatic carbocycles. The van der Waals surface area contributed by atoms with Gasteiger partial charge in [-0.1, -0.05) is 36.4 Å². The summed E-state index contributed by atoms with van der Waals surface area (Å²) in [5.74, 6) is -0.436. The molecule has 0 amide bonds. The van der Waals surface area contributed by atoms with Crippen LogP contribution in [0.15, 0.2) is 54.3 Å². The Kier molecular flexibility index (Phi) is 4.20. The average Bonchev–Trinajstić information content (AvgIpc) is 2.45. The fourth-order valence-electron chi connectivity index (χ4n) is 1.94. The molecule has 102 valence electrons. The van der Waals surface area contributed by atoms with Gasteiger partial charge in [0, 0.05) is 12.9 Å². The van der Waals surface area contributed by atoms with Crippen molar-refractivity contribution in [3.05, 3.63) is 65.6 Å². The van der Waals surface area contributed by atoms with Gasteiger partial charge in [0.25, 0.3) is 0 Å². The Morgan fingerprint density at radius 3 is 2.45 bits per heavy atom. The molecule has 4 heteroatoms. The van der Waals surface area contributed by atoms with Crippen molar-refractivity contribution in [3.8, 4) is 11.1 Å². The first-order valence-electron chi connectivity index (χ1n) is 6.01. The van der Waals surface area contributed by atoms with Crippen molar-refractivity contribution in [3.63, 3.8) is 0 Å². The van der Waals surface area contributed by atoms with Crippen LogP contribution >= 0.6 is 11.6 Å². The number of hydrogen-bond donors (Lipinski definition) is 0. The zero-order valence-corrected chi connectivity index (χ0v) is 11.9. The van der Waals surface area contributed by atoms with E-state index in [1.807, 2.05) is 25.1 Å². The van der Waals surface area contributed by atoms with Crippen molar-refractivity contribution in [1.82, 2.24) is 0 Å². The molecule has 2 nitrogen and oxygen atoms in total. The normalized spacial score (nSPS) is 10.2. The predicted octanol–water partition coefficient (Wildman–Crippen LogP) is 5.02. The van der Waals surface area contributed by atoms with E-state index in [1.165, 1.54) is 6.07 Å². The van der Waals surface area contributed by atoms with E-state index in [0.29, 0.717) is 0 Å². The second-order valence-corrected chi connectivity index (χ2v) is 4.71. The fraction of sp³-hybridized carbons (Fsp3) is 0.0625. The molecule has 0 aliphatic heterocycles. The summed E-state index contributed by atoms with van der Waals surface area (Å²) >= 11 is 5.70. The monoisotopic (exact) mass is 288 g/mol. The number of anilines is 1. The van der Waals surface area contributed by atoms with Crippen LogP contribution in [0.3, 0.4) is 0 Å². The number of benzene rings is 2. The summed E-state index contributed by atoms with van der Waals surface area (Å²) in [6, 6.07) is 10.5. The molecule has 0 N–H and O–H groups in total. The lowest BCUT2D eigenvalue weighted by atomic mass is 10.0. The highest BCUT2D eigenvalue weighted by atomic mass is 35.5. The zero-order chi connectivity index (χ0) is 14.7. The quantitative estimate of drug-likeness (QED) is 0.570. The second kappa shape index (κ2) is 5.88. The molecule has 0 heterocycles. The van der Waals surface area contributed by atoms with Gasteiger partial charge in [-0.05, 0) is 41.8 Å². The van der Waals surface area contributed by atoms with E-state index in [0.717, 1.165) is 22.4 Å². The van der Waals surface area contributed by atoms with Crippen molar-refractivity contribution >= 4 is 24.0 Å². The lowest BCUT2D eigenvalue weighted by Gasteiger charge is -2.17. The van der Waals surface area contributed by atoms with Gasteiger partial charge in [0.2, 0.25) is 0 Å². The van der Waals surface area contributed by atoms with Crippen LogP contribution < -0.4 is 5.01 Å². The first-order chi connectivity index (χ1) is 9.56. The minimum absolute atomic E-state index is 0.113. The van der Waals surface area contributed by atoms with E-state index in [4.69, 9.17) is 11.6 Å². The summed E-state index contributed by atoms with van der Waals surface area (Å²) in [5.41, 5.74) is 3.50. The SMILES string of the molecule is C=CN(N=C)c1cc(-c2ccc(Cl)c(F)c2)ccc1C. The van der Waals surface area contributed by atoms with Crippen LogP contribution in [0.5, 0.6) is 0 Å². The lowest BCUT2D eigenvalue weighted by molar-refractivity contribution is 0.629. The average molecular weight is 289 g/mol. The Labute approximate surface area is 122 Å². The van der Waals surface area contributed by atoms with Gasteiger partial charge in [-0.25, -0.2) is 9.40 Å². The van der Waals surface area contributed by atoms with Crippen molar-refractivity contribution in [2.45, 2.75) is 6.92 Å². The minimum atomic E-state index is -0.436. The van der Waals surface area contributed by atoms with Gasteiger partial charge in [-0.3, -0.25) is 0 Å². The van der Waals surface area contributed by atoms with Crippen molar-refractivity contribution < 1.29 is 4.39 Å². The Morgan fingerprint density at radius 1 is 1.20 bits per heavy atom. The topological polar surface area (TPSA) is 15.6 Å². The molecule has 0 unspecified atom stereocenters. The molecular formula is C16H14ClFN2. The summed E-state index contributed by atoms with van der Waals surface area (Å²) < 4.78 is 13.5. The van der Waals surface area contributed by atoms with Gasteiger partial charge in [0.05, 0.1) is 10.7 Å². The van der Waals surface area contributed by atoms with Crippen LogP contribution in [0.2, 0.25) is 5.02 Å². The Bertz CT molecular complexity index is 660. The highest BCUT2D eigenvalue weighted by molar-refractivity contribution is 6.30. The van der Waals surface area contributed by atoms with E-state index in [9.17, 15) is 4.39 Å². The van der Waals surface area contributed by atoms with E-state index < -0.39 is 5.82 Å². The third-order valence-electron chi connectivity index (χ3n) is 3.03. The van der Waals surface area contributed by atoms with Gasteiger partial charge in [0.15, 0.2) is 0 Å². The van der Waals surface area contributed by atoms with Crippen LogP contribution in [0.4, 0.5) is 10.1 Å². The third-order valence-corrected chi connectivity index (χ3v) is 3.34. The van der Waals surface area contributed by atoms with Crippen molar-refractivity contribution in [2.24, 2.45) is 5.10 Å². The molecule has 0 aromatic heterocycles. The Balaban J connectivity index is 2.52. The van der Waals surface area contributed by atoms with E-state index >= 15 is 0 Å². The molecule has 0 bridgehead atoms. The Hall–Kier alpha value is -2.13. The highest BCUT2D eigenvalue weighted by Crippen LogP contribution is 2.30. The van der Waals surface area contributed by atoms with Crippen LogP contribution in [0.1, 0.15) is 5.56 Å².